The first kappa shape index (κ1) is 10.7. The fourth-order valence-electron chi connectivity index (χ4n) is 0.903. The van der Waals surface area contributed by atoms with Crippen molar-refractivity contribution in [3.8, 4) is 5.75 Å². The largest absolute Gasteiger partial charge is 0.497 e. The lowest BCUT2D eigenvalue weighted by Crippen LogP contribution is -1.86. The van der Waals surface area contributed by atoms with E-state index in [4.69, 9.17) is 16.3 Å². The van der Waals surface area contributed by atoms with Crippen LogP contribution in [0.15, 0.2) is 30.1 Å². The second kappa shape index (κ2) is 4.77. The van der Waals surface area contributed by atoms with Crippen LogP contribution in [0.2, 0.25) is 0 Å². The van der Waals surface area contributed by atoms with Crippen molar-refractivity contribution in [3.05, 3.63) is 35.7 Å². The first-order valence-corrected chi connectivity index (χ1v) is 4.22. The van der Waals surface area contributed by atoms with E-state index in [9.17, 15) is 9.18 Å². The molecule has 4 heteroatoms. The summed E-state index contributed by atoms with van der Waals surface area (Å²) >= 11 is 4.93. The number of methoxy groups -OCH3 is 1. The Bertz CT molecular complexity index is 357. The Morgan fingerprint density at radius 1 is 1.43 bits per heavy atom. The average molecular weight is 215 g/mol. The van der Waals surface area contributed by atoms with Crippen molar-refractivity contribution in [1.82, 2.24) is 0 Å². The Hall–Kier alpha value is -1.35. The summed E-state index contributed by atoms with van der Waals surface area (Å²) in [4.78, 5) is 10.4. The molecular weight excluding hydrogens is 207 g/mol. The van der Waals surface area contributed by atoms with Gasteiger partial charge in [-0.2, -0.15) is 0 Å². The van der Waals surface area contributed by atoms with Gasteiger partial charge >= 0.3 is 0 Å². The SMILES string of the molecule is COc1ccc(/C=C(\F)C(=O)Cl)cc1. The Kier molecular flexibility index (Phi) is 3.65. The third-order valence-corrected chi connectivity index (χ3v) is 1.78. The number of carbonyl (C=O) groups is 1. The highest BCUT2D eigenvalue weighted by Gasteiger charge is 2.03. The Labute approximate surface area is 85.9 Å². The predicted octanol–water partition coefficient (Wildman–Crippen LogP) is 2.77. The number of allylic oxidation sites excluding steroid dienone is 1. The molecule has 14 heavy (non-hydrogen) atoms. The van der Waals surface area contributed by atoms with Gasteiger partial charge in [0.05, 0.1) is 7.11 Å². The van der Waals surface area contributed by atoms with E-state index in [-0.39, 0.29) is 0 Å². The predicted molar refractivity (Wildman–Crippen MR) is 52.9 cm³/mol. The highest BCUT2D eigenvalue weighted by molar-refractivity contribution is 6.67. The van der Waals surface area contributed by atoms with Gasteiger partial charge in [0, 0.05) is 0 Å². The van der Waals surface area contributed by atoms with E-state index < -0.39 is 11.1 Å². The molecule has 0 amide bonds. The second-order valence-corrected chi connectivity index (χ2v) is 2.88. The van der Waals surface area contributed by atoms with Crippen LogP contribution in [0, 0.1) is 0 Å². The van der Waals surface area contributed by atoms with Gasteiger partial charge in [-0.05, 0) is 35.4 Å². The van der Waals surface area contributed by atoms with Gasteiger partial charge in [-0.3, -0.25) is 4.79 Å². The highest BCUT2D eigenvalue weighted by Crippen LogP contribution is 2.15. The standard InChI is InChI=1S/C10H8ClFO2/c1-14-8-4-2-7(3-5-8)6-9(12)10(11)13/h2-6H,1H3/b9-6-. The molecule has 0 N–H and O–H groups in total. The molecule has 0 aliphatic heterocycles. The number of benzene rings is 1. The lowest BCUT2D eigenvalue weighted by atomic mass is 10.2. The van der Waals surface area contributed by atoms with Gasteiger partial charge in [0.25, 0.3) is 5.24 Å². The summed E-state index contributed by atoms with van der Waals surface area (Å²) in [6.45, 7) is 0. The molecule has 0 atom stereocenters. The van der Waals surface area contributed by atoms with Crippen LogP contribution in [0.25, 0.3) is 6.08 Å². The van der Waals surface area contributed by atoms with Gasteiger partial charge in [-0.1, -0.05) is 12.1 Å². The van der Waals surface area contributed by atoms with Crippen LogP contribution in [0.1, 0.15) is 5.56 Å². The van der Waals surface area contributed by atoms with Crippen LogP contribution in [-0.4, -0.2) is 12.4 Å². The molecule has 0 aliphatic carbocycles. The number of hydrogen-bond acceptors (Lipinski definition) is 2. The Morgan fingerprint density at radius 2 is 2.00 bits per heavy atom. The summed E-state index contributed by atoms with van der Waals surface area (Å²) in [6.07, 6.45) is 1.06. The molecule has 0 unspecified atom stereocenters. The first-order chi connectivity index (χ1) is 6.63. The average Bonchev–Trinajstić information content (AvgIpc) is 2.19. The molecule has 2 nitrogen and oxygen atoms in total. The van der Waals surface area contributed by atoms with Crippen molar-refractivity contribution in [2.75, 3.05) is 7.11 Å². The van der Waals surface area contributed by atoms with E-state index in [1.807, 2.05) is 0 Å². The highest BCUT2D eigenvalue weighted by atomic mass is 35.5. The maximum absolute atomic E-state index is 12.7. The Balaban J connectivity index is 2.88. The van der Waals surface area contributed by atoms with Crippen molar-refractivity contribution in [2.45, 2.75) is 0 Å². The topological polar surface area (TPSA) is 26.3 Å². The molecule has 1 rings (SSSR count). The van der Waals surface area contributed by atoms with E-state index in [0.29, 0.717) is 11.3 Å². The molecule has 1 aromatic rings. The van der Waals surface area contributed by atoms with Gasteiger partial charge in [0.1, 0.15) is 5.75 Å². The van der Waals surface area contributed by atoms with E-state index in [2.05, 4.69) is 0 Å². The molecule has 0 aliphatic rings. The van der Waals surface area contributed by atoms with Gasteiger partial charge in [0.2, 0.25) is 0 Å². The zero-order chi connectivity index (χ0) is 10.6. The fraction of sp³-hybridized carbons (Fsp3) is 0.100. The molecule has 0 saturated heterocycles. The molecule has 0 radical (unpaired) electrons. The van der Waals surface area contributed by atoms with E-state index in [1.54, 1.807) is 24.3 Å². The van der Waals surface area contributed by atoms with Crippen LogP contribution in [0.3, 0.4) is 0 Å². The van der Waals surface area contributed by atoms with E-state index in [0.717, 1.165) is 6.08 Å². The number of ether oxygens (including phenoxy) is 1. The van der Waals surface area contributed by atoms with Crippen molar-refractivity contribution in [3.63, 3.8) is 0 Å². The monoisotopic (exact) mass is 214 g/mol. The van der Waals surface area contributed by atoms with Crippen molar-refractivity contribution >= 4 is 22.9 Å². The van der Waals surface area contributed by atoms with Crippen molar-refractivity contribution in [2.24, 2.45) is 0 Å². The summed E-state index contributed by atoms with van der Waals surface area (Å²) in [7, 11) is 1.54. The summed E-state index contributed by atoms with van der Waals surface area (Å²) in [5.41, 5.74) is 0.553. The minimum absolute atomic E-state index is 0.553. The van der Waals surface area contributed by atoms with Crippen LogP contribution < -0.4 is 4.74 Å². The summed E-state index contributed by atoms with van der Waals surface area (Å²) in [6, 6.07) is 6.58. The molecular formula is C10H8ClFO2. The van der Waals surface area contributed by atoms with Crippen LogP contribution in [-0.2, 0) is 4.79 Å². The number of hydrogen-bond donors (Lipinski definition) is 0. The zero-order valence-electron chi connectivity index (χ0n) is 7.46. The maximum atomic E-state index is 12.7. The number of rotatable bonds is 3. The third kappa shape index (κ3) is 2.85. The normalized spacial score (nSPS) is 11.2. The van der Waals surface area contributed by atoms with Gasteiger partial charge in [-0.15, -0.1) is 0 Å². The van der Waals surface area contributed by atoms with E-state index in [1.165, 1.54) is 7.11 Å². The Morgan fingerprint density at radius 3 is 2.43 bits per heavy atom. The van der Waals surface area contributed by atoms with Gasteiger partial charge < -0.3 is 4.74 Å². The van der Waals surface area contributed by atoms with Crippen LogP contribution in [0.4, 0.5) is 4.39 Å². The number of halogens is 2. The molecule has 0 heterocycles. The lowest BCUT2D eigenvalue weighted by molar-refractivity contribution is -0.109. The molecule has 74 valence electrons. The molecule has 0 aromatic heterocycles. The number of carbonyl (C=O) groups excluding carboxylic acids is 1. The smallest absolute Gasteiger partial charge is 0.280 e. The lowest BCUT2D eigenvalue weighted by Gasteiger charge is -1.98. The summed E-state index contributed by atoms with van der Waals surface area (Å²) < 4.78 is 17.7. The van der Waals surface area contributed by atoms with Crippen LogP contribution >= 0.6 is 11.6 Å². The zero-order valence-corrected chi connectivity index (χ0v) is 8.22. The summed E-state index contributed by atoms with van der Waals surface area (Å²) in [5.74, 6) is -0.309. The first-order valence-electron chi connectivity index (χ1n) is 3.84. The minimum Gasteiger partial charge on any atom is -0.497 e. The van der Waals surface area contributed by atoms with Gasteiger partial charge in [-0.25, -0.2) is 4.39 Å². The van der Waals surface area contributed by atoms with Crippen molar-refractivity contribution < 1.29 is 13.9 Å². The molecule has 0 spiro atoms. The summed E-state index contributed by atoms with van der Waals surface area (Å²) in [5, 5.41) is -1.10. The second-order valence-electron chi connectivity index (χ2n) is 2.54. The molecule has 0 saturated carbocycles. The molecule has 0 bridgehead atoms. The van der Waals surface area contributed by atoms with Crippen LogP contribution in [0.5, 0.6) is 5.75 Å². The van der Waals surface area contributed by atoms with Gasteiger partial charge in [0.15, 0.2) is 5.83 Å². The maximum Gasteiger partial charge on any atom is 0.280 e. The quantitative estimate of drug-likeness (QED) is 0.571. The minimum atomic E-state index is -1.10. The van der Waals surface area contributed by atoms with Crippen molar-refractivity contribution in [1.29, 1.82) is 0 Å². The third-order valence-electron chi connectivity index (χ3n) is 1.60. The molecule has 1 aromatic carbocycles. The molecule has 0 fully saturated rings. The van der Waals surface area contributed by atoms with E-state index >= 15 is 0 Å². The fourth-order valence-corrected chi connectivity index (χ4v) is 0.958.